The number of carbonyl (C=O) groups excluding carboxylic acids is 1. The summed E-state index contributed by atoms with van der Waals surface area (Å²) in [5, 5.41) is 4.69. The zero-order valence-electron chi connectivity index (χ0n) is 17.3. The molecule has 9 heteroatoms. The van der Waals surface area contributed by atoms with Crippen molar-refractivity contribution in [2.45, 2.75) is 0 Å². The molecular weight excluding hydrogens is 479 g/mol. The molecule has 1 saturated heterocycles. The Labute approximate surface area is 205 Å². The van der Waals surface area contributed by atoms with Crippen molar-refractivity contribution in [2.24, 2.45) is 0 Å². The highest BCUT2D eigenvalue weighted by Crippen LogP contribution is 2.32. The first-order chi connectivity index (χ1) is 16.1. The molecule has 3 aromatic carbocycles. The molecule has 1 fully saturated rings. The molecular formula is C24H18Cl2N4O2S. The van der Waals surface area contributed by atoms with E-state index in [0.29, 0.717) is 39.4 Å². The molecule has 0 saturated carbocycles. The SMILES string of the molecule is O=C(Nc1ccc(Cl)c(-c2ncc3ccccc3n2)c1)c1ccc(N2COCCS2)cc1Cl. The number of halogens is 2. The van der Waals surface area contributed by atoms with Gasteiger partial charge in [0.25, 0.3) is 5.91 Å². The number of benzene rings is 3. The van der Waals surface area contributed by atoms with Crippen LogP contribution in [0.3, 0.4) is 0 Å². The molecule has 1 N–H and O–H groups in total. The largest absolute Gasteiger partial charge is 0.359 e. The fraction of sp³-hybridized carbons (Fsp3) is 0.125. The first-order valence-electron chi connectivity index (χ1n) is 10.2. The molecule has 0 radical (unpaired) electrons. The third-order valence-corrected chi connectivity index (χ3v) is 6.74. The second-order valence-corrected chi connectivity index (χ2v) is 9.24. The minimum absolute atomic E-state index is 0.318. The second kappa shape index (κ2) is 9.57. The summed E-state index contributed by atoms with van der Waals surface area (Å²) >= 11 is 14.5. The minimum Gasteiger partial charge on any atom is -0.359 e. The van der Waals surface area contributed by atoms with Crippen molar-refractivity contribution in [3.05, 3.63) is 82.5 Å². The Balaban J connectivity index is 1.38. The van der Waals surface area contributed by atoms with Crippen LogP contribution >= 0.6 is 35.1 Å². The van der Waals surface area contributed by atoms with Crippen LogP contribution in [0.4, 0.5) is 11.4 Å². The Morgan fingerprint density at radius 1 is 1.06 bits per heavy atom. The van der Waals surface area contributed by atoms with Crippen LogP contribution < -0.4 is 9.62 Å². The van der Waals surface area contributed by atoms with E-state index in [1.165, 1.54) is 0 Å². The highest BCUT2D eigenvalue weighted by atomic mass is 35.5. The molecule has 0 spiro atoms. The van der Waals surface area contributed by atoms with Crippen molar-refractivity contribution in [2.75, 3.05) is 28.7 Å². The maximum atomic E-state index is 12.9. The molecule has 1 aliphatic rings. The summed E-state index contributed by atoms with van der Waals surface area (Å²) in [5.41, 5.74) is 3.28. The topological polar surface area (TPSA) is 67.4 Å². The lowest BCUT2D eigenvalue weighted by Gasteiger charge is -2.27. The molecule has 0 unspecified atom stereocenters. The molecule has 166 valence electrons. The van der Waals surface area contributed by atoms with Crippen molar-refractivity contribution in [1.29, 1.82) is 0 Å². The van der Waals surface area contributed by atoms with Gasteiger partial charge in [0, 0.05) is 28.6 Å². The lowest BCUT2D eigenvalue weighted by atomic mass is 10.1. The van der Waals surface area contributed by atoms with Crippen LogP contribution in [0, 0.1) is 0 Å². The van der Waals surface area contributed by atoms with E-state index in [-0.39, 0.29) is 5.91 Å². The van der Waals surface area contributed by atoms with E-state index in [9.17, 15) is 4.79 Å². The second-order valence-electron chi connectivity index (χ2n) is 7.31. The van der Waals surface area contributed by atoms with Crippen LogP contribution in [0.15, 0.2) is 66.9 Å². The molecule has 0 aliphatic carbocycles. The number of fused-ring (bicyclic) bond motifs is 1. The Bertz CT molecular complexity index is 1350. The Morgan fingerprint density at radius 3 is 2.76 bits per heavy atom. The molecule has 0 atom stereocenters. The molecule has 1 aliphatic heterocycles. The van der Waals surface area contributed by atoms with Gasteiger partial charge in [0.05, 0.1) is 33.4 Å². The van der Waals surface area contributed by atoms with Crippen LogP contribution in [-0.2, 0) is 4.74 Å². The molecule has 0 bridgehead atoms. The van der Waals surface area contributed by atoms with Crippen LogP contribution in [-0.4, -0.2) is 35.0 Å². The molecule has 5 rings (SSSR count). The summed E-state index contributed by atoms with van der Waals surface area (Å²) in [6.07, 6.45) is 1.76. The third-order valence-electron chi connectivity index (χ3n) is 5.12. The van der Waals surface area contributed by atoms with Gasteiger partial charge in [-0.2, -0.15) is 0 Å². The highest BCUT2D eigenvalue weighted by molar-refractivity contribution is 8.00. The number of aromatic nitrogens is 2. The lowest BCUT2D eigenvalue weighted by molar-refractivity contribution is 0.102. The van der Waals surface area contributed by atoms with Gasteiger partial charge in [-0.3, -0.25) is 9.10 Å². The minimum atomic E-state index is -0.318. The normalized spacial score (nSPS) is 13.8. The van der Waals surface area contributed by atoms with E-state index in [2.05, 4.69) is 15.3 Å². The number of nitrogens with zero attached hydrogens (tertiary/aromatic N) is 3. The first kappa shape index (κ1) is 22.0. The number of anilines is 2. The summed E-state index contributed by atoms with van der Waals surface area (Å²) in [7, 11) is 0. The average Bonchev–Trinajstić information content (AvgIpc) is 2.85. The molecule has 1 amide bonds. The van der Waals surface area contributed by atoms with Gasteiger partial charge in [0.15, 0.2) is 5.82 Å². The molecule has 1 aromatic heterocycles. The van der Waals surface area contributed by atoms with Gasteiger partial charge in [0.1, 0.15) is 6.73 Å². The quantitative estimate of drug-likeness (QED) is 0.334. The number of rotatable bonds is 4. The third kappa shape index (κ3) is 4.77. The van der Waals surface area contributed by atoms with Gasteiger partial charge in [0.2, 0.25) is 0 Å². The van der Waals surface area contributed by atoms with Gasteiger partial charge in [-0.05, 0) is 54.4 Å². The highest BCUT2D eigenvalue weighted by Gasteiger charge is 2.17. The average molecular weight is 497 g/mol. The summed E-state index contributed by atoms with van der Waals surface area (Å²) in [4.78, 5) is 22.0. The van der Waals surface area contributed by atoms with E-state index in [1.807, 2.05) is 34.6 Å². The van der Waals surface area contributed by atoms with Crippen molar-refractivity contribution in [3.63, 3.8) is 0 Å². The Kier molecular flexibility index (Phi) is 6.37. The molecule has 33 heavy (non-hydrogen) atoms. The first-order valence-corrected chi connectivity index (χ1v) is 11.9. The number of ether oxygens (including phenoxy) is 1. The summed E-state index contributed by atoms with van der Waals surface area (Å²) in [5.74, 6) is 1.04. The zero-order chi connectivity index (χ0) is 22.8. The van der Waals surface area contributed by atoms with Gasteiger partial charge in [-0.15, -0.1) is 0 Å². The lowest BCUT2D eigenvalue weighted by Crippen LogP contribution is -2.25. The number of hydrogen-bond donors (Lipinski definition) is 1. The van der Waals surface area contributed by atoms with E-state index in [0.717, 1.165) is 29.0 Å². The maximum Gasteiger partial charge on any atom is 0.257 e. The van der Waals surface area contributed by atoms with Crippen LogP contribution in [0.1, 0.15) is 10.4 Å². The van der Waals surface area contributed by atoms with Crippen molar-refractivity contribution in [3.8, 4) is 11.4 Å². The van der Waals surface area contributed by atoms with Gasteiger partial charge in [-0.25, -0.2) is 9.97 Å². The summed E-state index contributed by atoms with van der Waals surface area (Å²) in [6, 6.07) is 18.3. The summed E-state index contributed by atoms with van der Waals surface area (Å²) in [6.45, 7) is 1.21. The number of carbonyl (C=O) groups is 1. The van der Waals surface area contributed by atoms with E-state index < -0.39 is 0 Å². The number of hydrogen-bond acceptors (Lipinski definition) is 6. The monoisotopic (exact) mass is 496 g/mol. The smallest absolute Gasteiger partial charge is 0.257 e. The van der Waals surface area contributed by atoms with Crippen molar-refractivity contribution < 1.29 is 9.53 Å². The molecule has 2 heterocycles. The fourth-order valence-electron chi connectivity index (χ4n) is 3.46. The Morgan fingerprint density at radius 2 is 1.94 bits per heavy atom. The molecule has 4 aromatic rings. The predicted octanol–water partition coefficient (Wildman–Crippen LogP) is 6.30. The van der Waals surface area contributed by atoms with E-state index >= 15 is 0 Å². The van der Waals surface area contributed by atoms with Gasteiger partial charge in [-0.1, -0.05) is 41.4 Å². The van der Waals surface area contributed by atoms with Crippen molar-refractivity contribution >= 4 is 63.3 Å². The standard InChI is InChI=1S/C24H18Cl2N4O2S/c25-20-8-5-16(11-19(20)23-27-13-15-3-1-2-4-22(15)29-23)28-24(31)18-7-6-17(12-21(18)26)30-14-32-9-10-33-30/h1-8,11-13H,9-10,14H2,(H,28,31). The summed E-state index contributed by atoms with van der Waals surface area (Å²) < 4.78 is 7.48. The molecule has 6 nitrogen and oxygen atoms in total. The van der Waals surface area contributed by atoms with E-state index in [1.54, 1.807) is 48.5 Å². The van der Waals surface area contributed by atoms with Gasteiger partial charge < -0.3 is 10.1 Å². The zero-order valence-corrected chi connectivity index (χ0v) is 19.6. The van der Waals surface area contributed by atoms with E-state index in [4.69, 9.17) is 27.9 Å². The Hall–Kier alpha value is -2.84. The van der Waals surface area contributed by atoms with Gasteiger partial charge >= 0.3 is 0 Å². The van der Waals surface area contributed by atoms with Crippen LogP contribution in [0.25, 0.3) is 22.3 Å². The predicted molar refractivity (Wildman–Crippen MR) is 135 cm³/mol. The fourth-order valence-corrected chi connectivity index (χ4v) is 4.75. The van der Waals surface area contributed by atoms with Crippen molar-refractivity contribution in [1.82, 2.24) is 9.97 Å². The maximum absolute atomic E-state index is 12.9. The number of amides is 1. The van der Waals surface area contributed by atoms with Crippen LogP contribution in [0.5, 0.6) is 0 Å². The number of para-hydroxylation sites is 1. The van der Waals surface area contributed by atoms with Crippen LogP contribution in [0.2, 0.25) is 10.0 Å². The number of nitrogens with one attached hydrogen (secondary N) is 1.